The van der Waals surface area contributed by atoms with Gasteiger partial charge >= 0.3 is 0 Å². The Morgan fingerprint density at radius 3 is 2.54 bits per heavy atom. The fraction of sp³-hybridized carbons (Fsp3) is 0.909. The molecule has 0 aromatic heterocycles. The van der Waals surface area contributed by atoms with E-state index in [1.54, 1.807) is 0 Å². The summed E-state index contributed by atoms with van der Waals surface area (Å²) < 4.78 is 0. The number of hydrogen-bond donors (Lipinski definition) is 0. The van der Waals surface area contributed by atoms with Crippen LogP contribution in [-0.2, 0) is 4.84 Å². The molecule has 2 aliphatic carbocycles. The van der Waals surface area contributed by atoms with Crippen molar-refractivity contribution in [2.24, 2.45) is 17.0 Å². The zero-order valence-electron chi connectivity index (χ0n) is 8.25. The third kappa shape index (κ3) is 1.18. The molecule has 3 rings (SSSR count). The third-order valence-electron chi connectivity index (χ3n) is 3.94. The fourth-order valence-corrected chi connectivity index (χ4v) is 3.61. The van der Waals surface area contributed by atoms with E-state index in [4.69, 9.17) is 4.84 Å². The predicted molar refractivity (Wildman–Crippen MR) is 51.6 cm³/mol. The van der Waals surface area contributed by atoms with Crippen molar-refractivity contribution in [2.75, 3.05) is 0 Å². The molecule has 3 atom stereocenters. The second kappa shape index (κ2) is 2.49. The van der Waals surface area contributed by atoms with Gasteiger partial charge in [-0.2, -0.15) is 0 Å². The van der Waals surface area contributed by atoms with Crippen LogP contribution in [0.4, 0.5) is 0 Å². The number of rotatable bonds is 0. The number of nitrogens with zero attached hydrogens (tertiary/aromatic N) is 1. The summed E-state index contributed by atoms with van der Waals surface area (Å²) in [6, 6.07) is 0. The van der Waals surface area contributed by atoms with E-state index in [1.807, 2.05) is 0 Å². The standard InChI is InChI=1S/C11H17NO/c1-8-5-11(13-12-8)6-9-2-3-10(4-9)7-11/h9-10H,2-7H2,1H3/t9-,10?,11?/m1/s1. The van der Waals surface area contributed by atoms with Crippen LogP contribution < -0.4 is 0 Å². The quantitative estimate of drug-likeness (QED) is 0.560. The molecule has 2 bridgehead atoms. The van der Waals surface area contributed by atoms with Crippen molar-refractivity contribution in [1.29, 1.82) is 0 Å². The lowest BCUT2D eigenvalue weighted by Gasteiger charge is -2.34. The molecule has 13 heavy (non-hydrogen) atoms. The van der Waals surface area contributed by atoms with Crippen LogP contribution in [0.25, 0.3) is 0 Å². The highest BCUT2D eigenvalue weighted by Crippen LogP contribution is 2.50. The molecule has 0 aromatic carbocycles. The van der Waals surface area contributed by atoms with Crippen molar-refractivity contribution in [2.45, 2.75) is 51.0 Å². The molecule has 0 saturated heterocycles. The van der Waals surface area contributed by atoms with Crippen molar-refractivity contribution in [3.8, 4) is 0 Å². The maximum Gasteiger partial charge on any atom is 0.143 e. The maximum atomic E-state index is 5.66. The highest BCUT2D eigenvalue weighted by Gasteiger charge is 2.48. The first-order chi connectivity index (χ1) is 6.26. The number of fused-ring (bicyclic) bond motifs is 2. The Labute approximate surface area is 79.3 Å². The van der Waals surface area contributed by atoms with Crippen LogP contribution in [0.5, 0.6) is 0 Å². The average molecular weight is 179 g/mol. The topological polar surface area (TPSA) is 21.6 Å². The maximum absolute atomic E-state index is 5.66. The molecule has 0 radical (unpaired) electrons. The summed E-state index contributed by atoms with van der Waals surface area (Å²) in [4.78, 5) is 5.66. The molecule has 0 N–H and O–H groups in total. The van der Waals surface area contributed by atoms with Gasteiger partial charge in [0.05, 0.1) is 5.71 Å². The SMILES string of the molecule is CC1=NOC2(C1)CC1CC[C@H](C1)C2. The summed E-state index contributed by atoms with van der Waals surface area (Å²) >= 11 is 0. The van der Waals surface area contributed by atoms with Crippen molar-refractivity contribution in [3.05, 3.63) is 0 Å². The van der Waals surface area contributed by atoms with Crippen molar-refractivity contribution in [1.82, 2.24) is 0 Å². The van der Waals surface area contributed by atoms with Crippen LogP contribution in [0.15, 0.2) is 5.16 Å². The molecule has 2 heteroatoms. The smallest absolute Gasteiger partial charge is 0.143 e. The van der Waals surface area contributed by atoms with Gasteiger partial charge in [0, 0.05) is 6.42 Å². The summed E-state index contributed by atoms with van der Waals surface area (Å²) in [6.07, 6.45) is 7.97. The normalized spacial score (nSPS) is 47.9. The predicted octanol–water partition coefficient (Wildman–Crippen LogP) is 2.73. The van der Waals surface area contributed by atoms with Crippen molar-refractivity contribution < 1.29 is 4.84 Å². The lowest BCUT2D eigenvalue weighted by atomic mass is 9.75. The average Bonchev–Trinajstić information content (AvgIpc) is 2.58. The lowest BCUT2D eigenvalue weighted by molar-refractivity contribution is -0.0629. The summed E-state index contributed by atoms with van der Waals surface area (Å²) in [5, 5.41) is 4.13. The van der Waals surface area contributed by atoms with Crippen molar-refractivity contribution in [3.63, 3.8) is 0 Å². The Hall–Kier alpha value is -0.530. The molecule has 2 fully saturated rings. The first-order valence-electron chi connectivity index (χ1n) is 5.47. The third-order valence-corrected chi connectivity index (χ3v) is 3.94. The van der Waals surface area contributed by atoms with Gasteiger partial charge < -0.3 is 4.84 Å². The molecule has 72 valence electrons. The molecule has 1 spiro atoms. The van der Waals surface area contributed by atoms with Crippen LogP contribution in [0, 0.1) is 11.8 Å². The molecule has 2 unspecified atom stereocenters. The largest absolute Gasteiger partial charge is 0.389 e. The van der Waals surface area contributed by atoms with Crippen molar-refractivity contribution >= 4 is 5.71 Å². The van der Waals surface area contributed by atoms with E-state index in [9.17, 15) is 0 Å². The second-order valence-electron chi connectivity index (χ2n) is 5.23. The van der Waals surface area contributed by atoms with Gasteiger partial charge in [0.25, 0.3) is 0 Å². The Bertz CT molecular complexity index is 247. The van der Waals surface area contributed by atoms with Gasteiger partial charge in [-0.25, -0.2) is 0 Å². The lowest BCUT2D eigenvalue weighted by Crippen LogP contribution is -2.36. The van der Waals surface area contributed by atoms with Crippen LogP contribution in [-0.4, -0.2) is 11.3 Å². The second-order valence-corrected chi connectivity index (χ2v) is 5.23. The van der Waals surface area contributed by atoms with Crippen LogP contribution in [0.2, 0.25) is 0 Å². The zero-order valence-corrected chi connectivity index (χ0v) is 8.25. The van der Waals surface area contributed by atoms with Gasteiger partial charge in [-0.15, -0.1) is 0 Å². The number of hydrogen-bond acceptors (Lipinski definition) is 2. The molecule has 2 nitrogen and oxygen atoms in total. The summed E-state index contributed by atoms with van der Waals surface area (Å²) in [5.41, 5.74) is 1.34. The molecule has 3 aliphatic rings. The summed E-state index contributed by atoms with van der Waals surface area (Å²) in [7, 11) is 0. The fourth-order valence-electron chi connectivity index (χ4n) is 3.61. The van der Waals surface area contributed by atoms with E-state index in [0.717, 1.165) is 18.3 Å². The summed E-state index contributed by atoms with van der Waals surface area (Å²) in [5.74, 6) is 1.89. The van der Waals surface area contributed by atoms with Gasteiger partial charge in [0.2, 0.25) is 0 Å². The Morgan fingerprint density at radius 2 is 2.00 bits per heavy atom. The van der Waals surface area contributed by atoms with E-state index < -0.39 is 0 Å². The Kier molecular flexibility index (Phi) is 1.50. The minimum Gasteiger partial charge on any atom is -0.389 e. The van der Waals surface area contributed by atoms with Crippen LogP contribution in [0.1, 0.15) is 45.4 Å². The molecule has 0 amide bonds. The molecule has 2 saturated carbocycles. The minimum atomic E-state index is 0.147. The van der Waals surface area contributed by atoms with Crippen LogP contribution in [0.3, 0.4) is 0 Å². The first kappa shape index (κ1) is 7.84. The van der Waals surface area contributed by atoms with Gasteiger partial charge in [-0.05, 0) is 38.0 Å². The molecule has 1 heterocycles. The molecular formula is C11H17NO. The minimum absolute atomic E-state index is 0.147. The van der Waals surface area contributed by atoms with Gasteiger partial charge in [-0.1, -0.05) is 18.0 Å². The van der Waals surface area contributed by atoms with Gasteiger partial charge in [0.15, 0.2) is 0 Å². The summed E-state index contributed by atoms with van der Waals surface area (Å²) in [6.45, 7) is 2.09. The molecule has 0 aromatic rings. The van der Waals surface area contributed by atoms with E-state index in [0.29, 0.717) is 0 Å². The van der Waals surface area contributed by atoms with Crippen LogP contribution >= 0.6 is 0 Å². The zero-order chi connectivity index (χ0) is 8.89. The Balaban J connectivity index is 1.79. The van der Waals surface area contributed by atoms with Gasteiger partial charge in [-0.3, -0.25) is 0 Å². The Morgan fingerprint density at radius 1 is 1.31 bits per heavy atom. The molecular weight excluding hydrogens is 162 g/mol. The molecule has 1 aliphatic heterocycles. The monoisotopic (exact) mass is 179 g/mol. The number of oxime groups is 1. The van der Waals surface area contributed by atoms with Gasteiger partial charge in [0.1, 0.15) is 5.60 Å². The first-order valence-corrected chi connectivity index (χ1v) is 5.47. The highest BCUT2D eigenvalue weighted by atomic mass is 16.7. The van der Waals surface area contributed by atoms with E-state index in [-0.39, 0.29) is 5.60 Å². The van der Waals surface area contributed by atoms with E-state index >= 15 is 0 Å². The van der Waals surface area contributed by atoms with E-state index in [2.05, 4.69) is 12.1 Å². The van der Waals surface area contributed by atoms with E-state index in [1.165, 1.54) is 37.8 Å². The highest BCUT2D eigenvalue weighted by molar-refractivity contribution is 5.83.